The largest absolute Gasteiger partial charge is 0.493 e. The Bertz CT molecular complexity index is 549. The molecule has 0 aliphatic carbocycles. The summed E-state index contributed by atoms with van der Waals surface area (Å²) in [6.07, 6.45) is 3.31. The van der Waals surface area contributed by atoms with Crippen LogP contribution in [0.4, 0.5) is 0 Å². The van der Waals surface area contributed by atoms with Gasteiger partial charge >= 0.3 is 0 Å². The van der Waals surface area contributed by atoms with Gasteiger partial charge in [-0.05, 0) is 44.7 Å². The molecule has 0 spiro atoms. The zero-order valence-corrected chi connectivity index (χ0v) is 13.0. The van der Waals surface area contributed by atoms with Crippen molar-refractivity contribution >= 4 is 0 Å². The zero-order valence-electron chi connectivity index (χ0n) is 13.0. The lowest BCUT2D eigenvalue weighted by molar-refractivity contribution is 0.302. The molecular formula is C19H25NO. The van der Waals surface area contributed by atoms with Crippen LogP contribution in [0.3, 0.4) is 0 Å². The van der Waals surface area contributed by atoms with E-state index in [4.69, 9.17) is 10.5 Å². The Morgan fingerprint density at radius 3 is 2.52 bits per heavy atom. The molecule has 2 nitrogen and oxygen atoms in total. The SMILES string of the molecule is Cc1ccc(OCCCCc2ccccc2)c(C(C)N)c1. The van der Waals surface area contributed by atoms with Crippen molar-refractivity contribution in [3.8, 4) is 5.75 Å². The van der Waals surface area contributed by atoms with Gasteiger partial charge in [-0.1, -0.05) is 48.0 Å². The number of ether oxygens (including phenoxy) is 1. The first-order valence-electron chi connectivity index (χ1n) is 7.69. The molecule has 2 heteroatoms. The fraction of sp³-hybridized carbons (Fsp3) is 0.368. The molecule has 112 valence electrons. The van der Waals surface area contributed by atoms with Crippen molar-refractivity contribution in [3.63, 3.8) is 0 Å². The molecule has 0 heterocycles. The summed E-state index contributed by atoms with van der Waals surface area (Å²) < 4.78 is 5.91. The predicted molar refractivity (Wildman–Crippen MR) is 88.7 cm³/mol. The Balaban J connectivity index is 1.78. The third-order valence-corrected chi connectivity index (χ3v) is 3.62. The van der Waals surface area contributed by atoms with Gasteiger partial charge < -0.3 is 10.5 Å². The fourth-order valence-electron chi connectivity index (χ4n) is 2.41. The second kappa shape index (κ2) is 7.84. The summed E-state index contributed by atoms with van der Waals surface area (Å²) in [4.78, 5) is 0. The maximum Gasteiger partial charge on any atom is 0.124 e. The van der Waals surface area contributed by atoms with Gasteiger partial charge in [0.1, 0.15) is 5.75 Å². The van der Waals surface area contributed by atoms with Crippen LogP contribution in [-0.2, 0) is 6.42 Å². The highest BCUT2D eigenvalue weighted by Crippen LogP contribution is 2.25. The molecule has 0 aromatic heterocycles. The Morgan fingerprint density at radius 2 is 1.81 bits per heavy atom. The number of rotatable bonds is 7. The quantitative estimate of drug-likeness (QED) is 0.764. The average molecular weight is 283 g/mol. The van der Waals surface area contributed by atoms with E-state index < -0.39 is 0 Å². The first kappa shape index (κ1) is 15.6. The van der Waals surface area contributed by atoms with Crippen molar-refractivity contribution in [2.24, 2.45) is 5.73 Å². The van der Waals surface area contributed by atoms with Crippen LogP contribution in [0.5, 0.6) is 5.75 Å². The van der Waals surface area contributed by atoms with E-state index in [1.165, 1.54) is 11.1 Å². The molecule has 2 aromatic rings. The van der Waals surface area contributed by atoms with Crippen molar-refractivity contribution in [3.05, 3.63) is 65.2 Å². The summed E-state index contributed by atoms with van der Waals surface area (Å²) in [5.74, 6) is 0.926. The second-order valence-electron chi connectivity index (χ2n) is 5.62. The molecule has 1 unspecified atom stereocenters. The van der Waals surface area contributed by atoms with Crippen LogP contribution in [0.1, 0.15) is 42.5 Å². The molecule has 0 bridgehead atoms. The van der Waals surface area contributed by atoms with Crippen LogP contribution >= 0.6 is 0 Å². The first-order chi connectivity index (χ1) is 10.2. The van der Waals surface area contributed by atoms with E-state index in [9.17, 15) is 0 Å². The minimum absolute atomic E-state index is 0.00391. The Hall–Kier alpha value is -1.80. The van der Waals surface area contributed by atoms with Gasteiger partial charge in [-0.25, -0.2) is 0 Å². The fourth-order valence-corrected chi connectivity index (χ4v) is 2.41. The van der Waals surface area contributed by atoms with Crippen LogP contribution in [0.2, 0.25) is 0 Å². The number of benzene rings is 2. The highest BCUT2D eigenvalue weighted by Gasteiger charge is 2.08. The molecule has 0 aliphatic heterocycles. The molecule has 0 saturated heterocycles. The average Bonchev–Trinajstić information content (AvgIpc) is 2.49. The van der Waals surface area contributed by atoms with E-state index in [-0.39, 0.29) is 6.04 Å². The number of hydrogen-bond acceptors (Lipinski definition) is 2. The van der Waals surface area contributed by atoms with E-state index >= 15 is 0 Å². The molecular weight excluding hydrogens is 258 g/mol. The lowest BCUT2D eigenvalue weighted by atomic mass is 10.1. The van der Waals surface area contributed by atoms with Crippen LogP contribution in [0.25, 0.3) is 0 Å². The van der Waals surface area contributed by atoms with E-state index in [1.807, 2.05) is 13.0 Å². The second-order valence-corrected chi connectivity index (χ2v) is 5.62. The van der Waals surface area contributed by atoms with Gasteiger partial charge in [-0.3, -0.25) is 0 Å². The van der Waals surface area contributed by atoms with E-state index in [2.05, 4.69) is 49.4 Å². The van der Waals surface area contributed by atoms with Gasteiger partial charge in [0.25, 0.3) is 0 Å². The number of nitrogens with two attached hydrogens (primary N) is 1. The van der Waals surface area contributed by atoms with Crippen molar-refractivity contribution in [1.82, 2.24) is 0 Å². The summed E-state index contributed by atoms with van der Waals surface area (Å²) in [5.41, 5.74) is 9.72. The molecule has 0 fully saturated rings. The third-order valence-electron chi connectivity index (χ3n) is 3.62. The molecule has 0 saturated carbocycles. The normalized spacial score (nSPS) is 12.1. The summed E-state index contributed by atoms with van der Waals surface area (Å²) >= 11 is 0. The van der Waals surface area contributed by atoms with E-state index in [0.717, 1.165) is 37.2 Å². The van der Waals surface area contributed by atoms with Gasteiger partial charge in [0.05, 0.1) is 6.61 Å². The topological polar surface area (TPSA) is 35.2 Å². The van der Waals surface area contributed by atoms with Gasteiger partial charge in [0.15, 0.2) is 0 Å². The summed E-state index contributed by atoms with van der Waals surface area (Å²) in [6.45, 7) is 4.82. The highest BCUT2D eigenvalue weighted by atomic mass is 16.5. The predicted octanol–water partition coefficient (Wildman–Crippen LogP) is 4.42. The smallest absolute Gasteiger partial charge is 0.124 e. The molecule has 2 rings (SSSR count). The van der Waals surface area contributed by atoms with Gasteiger partial charge in [0, 0.05) is 11.6 Å². The first-order valence-corrected chi connectivity index (χ1v) is 7.69. The lowest BCUT2D eigenvalue weighted by Crippen LogP contribution is -2.09. The maximum absolute atomic E-state index is 6.01. The molecule has 0 aliphatic rings. The van der Waals surface area contributed by atoms with Crippen molar-refractivity contribution in [2.75, 3.05) is 6.61 Å². The highest BCUT2D eigenvalue weighted by molar-refractivity contribution is 5.38. The Morgan fingerprint density at radius 1 is 1.05 bits per heavy atom. The number of unbranched alkanes of at least 4 members (excludes halogenated alkanes) is 1. The molecule has 0 amide bonds. The lowest BCUT2D eigenvalue weighted by Gasteiger charge is -2.14. The van der Waals surface area contributed by atoms with E-state index in [0.29, 0.717) is 0 Å². The van der Waals surface area contributed by atoms with Crippen molar-refractivity contribution in [2.45, 2.75) is 39.2 Å². The van der Waals surface area contributed by atoms with Crippen LogP contribution in [0.15, 0.2) is 48.5 Å². The monoisotopic (exact) mass is 283 g/mol. The van der Waals surface area contributed by atoms with E-state index in [1.54, 1.807) is 0 Å². The summed E-state index contributed by atoms with van der Waals surface area (Å²) in [5, 5.41) is 0. The number of hydrogen-bond donors (Lipinski definition) is 1. The standard InChI is InChI=1S/C19H25NO/c1-15-11-12-19(18(14-15)16(2)20)21-13-7-6-10-17-8-4-3-5-9-17/h3-5,8-9,11-12,14,16H,6-7,10,13,20H2,1-2H3. The van der Waals surface area contributed by atoms with Crippen LogP contribution in [-0.4, -0.2) is 6.61 Å². The number of aryl methyl sites for hydroxylation is 2. The van der Waals surface area contributed by atoms with Crippen LogP contribution < -0.4 is 10.5 Å². The van der Waals surface area contributed by atoms with Crippen molar-refractivity contribution in [1.29, 1.82) is 0 Å². The van der Waals surface area contributed by atoms with Gasteiger partial charge in [-0.2, -0.15) is 0 Å². The maximum atomic E-state index is 6.01. The molecule has 21 heavy (non-hydrogen) atoms. The molecule has 2 aromatic carbocycles. The van der Waals surface area contributed by atoms with Crippen LogP contribution in [0, 0.1) is 6.92 Å². The Labute approximate surface area is 127 Å². The zero-order chi connectivity index (χ0) is 15.1. The summed E-state index contributed by atoms with van der Waals surface area (Å²) in [7, 11) is 0. The minimum Gasteiger partial charge on any atom is -0.493 e. The van der Waals surface area contributed by atoms with Crippen molar-refractivity contribution < 1.29 is 4.74 Å². The summed E-state index contributed by atoms with van der Waals surface area (Å²) in [6, 6.07) is 16.8. The molecule has 2 N–H and O–H groups in total. The third kappa shape index (κ3) is 4.91. The Kier molecular flexibility index (Phi) is 5.82. The van der Waals surface area contributed by atoms with Gasteiger partial charge in [0.2, 0.25) is 0 Å². The molecule has 1 atom stereocenters. The molecule has 0 radical (unpaired) electrons. The van der Waals surface area contributed by atoms with Gasteiger partial charge in [-0.15, -0.1) is 0 Å². The minimum atomic E-state index is 0.00391.